The highest BCUT2D eigenvalue weighted by Crippen LogP contribution is 2.45. The summed E-state index contributed by atoms with van der Waals surface area (Å²) in [5.41, 5.74) is 0. The smallest absolute Gasteiger partial charge is 0.462 e. The third-order valence-corrected chi connectivity index (χ3v) is 17.5. The summed E-state index contributed by atoms with van der Waals surface area (Å²) in [4.78, 5) is 72.4. The minimum absolute atomic E-state index is 0.101. The van der Waals surface area contributed by atoms with E-state index in [0.717, 1.165) is 108 Å². The van der Waals surface area contributed by atoms with Gasteiger partial charge in [0.2, 0.25) is 0 Å². The van der Waals surface area contributed by atoms with Crippen LogP contribution >= 0.6 is 15.6 Å². The van der Waals surface area contributed by atoms with Crippen LogP contribution in [0.15, 0.2) is 0 Å². The Labute approximate surface area is 530 Å². The maximum atomic E-state index is 13.0. The Hall–Kier alpha value is -1.94. The molecule has 516 valence electrons. The zero-order valence-electron chi connectivity index (χ0n) is 56.6. The van der Waals surface area contributed by atoms with Crippen molar-refractivity contribution in [1.82, 2.24) is 0 Å². The SMILES string of the molecule is CC(C)CCCCCCCCCCCCCCC(=O)O[C@H](COC(=O)CCCCCCCCCC(C)C)COP(=O)(O)OCC(O)COP(=O)(O)OC[C@@H](COC(=O)CCCCCCCCCCCCC(C)C)OC(=O)CCCCCCCCC(C)C. The van der Waals surface area contributed by atoms with Crippen molar-refractivity contribution in [3.8, 4) is 0 Å². The number of phosphoric acid groups is 2. The highest BCUT2D eigenvalue weighted by atomic mass is 31.2. The predicted octanol–water partition coefficient (Wildman–Crippen LogP) is 18.9. The van der Waals surface area contributed by atoms with Gasteiger partial charge in [-0.15, -0.1) is 0 Å². The molecule has 0 saturated carbocycles. The number of ether oxygens (including phenoxy) is 4. The topological polar surface area (TPSA) is 237 Å². The largest absolute Gasteiger partial charge is 0.472 e. The van der Waals surface area contributed by atoms with Gasteiger partial charge in [0.1, 0.15) is 19.3 Å². The van der Waals surface area contributed by atoms with Crippen LogP contribution in [0.5, 0.6) is 0 Å². The summed E-state index contributed by atoms with van der Waals surface area (Å²) in [6.07, 6.45) is 39.2. The van der Waals surface area contributed by atoms with Crippen LogP contribution in [0.25, 0.3) is 0 Å². The summed E-state index contributed by atoms with van der Waals surface area (Å²) < 4.78 is 68.1. The number of esters is 4. The molecule has 0 aromatic carbocycles. The Kier molecular flexibility index (Phi) is 56.6. The van der Waals surface area contributed by atoms with Gasteiger partial charge in [0.05, 0.1) is 26.4 Å². The van der Waals surface area contributed by atoms with Gasteiger partial charge in [0.25, 0.3) is 0 Å². The molecule has 87 heavy (non-hydrogen) atoms. The molecule has 0 radical (unpaired) electrons. The van der Waals surface area contributed by atoms with Crippen molar-refractivity contribution in [1.29, 1.82) is 0 Å². The standard InChI is InChI=1S/C68H132O17P2/c1-58(2)44-36-28-20-15-11-9-10-12-18-24-34-42-50-67(72)84-63(54-79-66(71)49-41-33-25-19-22-30-38-46-60(5)6)56-82-86(74,75)80-52-62(69)53-81-87(76,77)83-57-64(85-68(73)51-43-35-27-26-31-39-47-61(7)8)55-78-65(70)48-40-32-23-17-14-13-16-21-29-37-45-59(3)4/h58-64,69H,9-57H2,1-8H3,(H,74,75)(H,76,77)/t62?,63-,64-/m1/s1. The van der Waals surface area contributed by atoms with Crippen molar-refractivity contribution < 1.29 is 80.2 Å². The Bertz CT molecular complexity index is 1730. The van der Waals surface area contributed by atoms with Gasteiger partial charge in [-0.05, 0) is 49.4 Å². The van der Waals surface area contributed by atoms with Crippen LogP contribution in [0.4, 0.5) is 0 Å². The Morgan fingerprint density at radius 2 is 0.483 bits per heavy atom. The molecule has 0 fully saturated rings. The monoisotopic (exact) mass is 1280 g/mol. The van der Waals surface area contributed by atoms with E-state index in [2.05, 4.69) is 55.4 Å². The maximum absolute atomic E-state index is 13.0. The van der Waals surface area contributed by atoms with Gasteiger partial charge in [0, 0.05) is 25.7 Å². The molecule has 0 aromatic rings. The van der Waals surface area contributed by atoms with Crippen molar-refractivity contribution >= 4 is 39.5 Å². The zero-order valence-corrected chi connectivity index (χ0v) is 58.4. The van der Waals surface area contributed by atoms with Crippen LogP contribution in [0, 0.1) is 23.7 Å². The van der Waals surface area contributed by atoms with E-state index in [0.29, 0.717) is 37.5 Å². The van der Waals surface area contributed by atoms with E-state index in [4.69, 9.17) is 37.0 Å². The number of aliphatic hydroxyl groups excluding tert-OH is 1. The highest BCUT2D eigenvalue weighted by molar-refractivity contribution is 7.47. The van der Waals surface area contributed by atoms with Gasteiger partial charge in [-0.1, -0.05) is 280 Å². The fourth-order valence-corrected chi connectivity index (χ4v) is 11.7. The van der Waals surface area contributed by atoms with Crippen molar-refractivity contribution in [3.63, 3.8) is 0 Å². The third kappa shape index (κ3) is 62.6. The van der Waals surface area contributed by atoms with Gasteiger partial charge >= 0.3 is 39.5 Å². The van der Waals surface area contributed by atoms with E-state index in [1.807, 2.05) is 0 Å². The molecular formula is C68H132O17P2. The Morgan fingerprint density at radius 1 is 0.287 bits per heavy atom. The van der Waals surface area contributed by atoms with Gasteiger partial charge in [0.15, 0.2) is 12.2 Å². The first-order valence-corrected chi connectivity index (χ1v) is 38.2. The van der Waals surface area contributed by atoms with Crippen LogP contribution in [0.2, 0.25) is 0 Å². The van der Waals surface area contributed by atoms with E-state index >= 15 is 0 Å². The molecule has 17 nitrogen and oxygen atoms in total. The lowest BCUT2D eigenvalue weighted by atomic mass is 10.0. The van der Waals surface area contributed by atoms with Crippen LogP contribution in [-0.4, -0.2) is 96.7 Å². The number of phosphoric ester groups is 2. The van der Waals surface area contributed by atoms with Gasteiger partial charge in [-0.25, -0.2) is 9.13 Å². The number of unbranched alkanes of at least 4 members (excludes halogenated alkanes) is 31. The minimum atomic E-state index is -4.95. The van der Waals surface area contributed by atoms with Gasteiger partial charge in [-0.3, -0.25) is 37.3 Å². The van der Waals surface area contributed by atoms with Crippen molar-refractivity contribution in [2.75, 3.05) is 39.6 Å². The zero-order chi connectivity index (χ0) is 64.7. The molecule has 19 heteroatoms. The predicted molar refractivity (Wildman–Crippen MR) is 349 cm³/mol. The minimum Gasteiger partial charge on any atom is -0.462 e. The van der Waals surface area contributed by atoms with E-state index in [1.54, 1.807) is 0 Å². The lowest BCUT2D eigenvalue weighted by Crippen LogP contribution is -2.30. The van der Waals surface area contributed by atoms with Crippen molar-refractivity contribution in [2.24, 2.45) is 23.7 Å². The molecule has 0 rings (SSSR count). The van der Waals surface area contributed by atoms with Crippen LogP contribution in [-0.2, 0) is 65.4 Å². The molecule has 0 saturated heterocycles. The maximum Gasteiger partial charge on any atom is 0.472 e. The molecule has 0 spiro atoms. The van der Waals surface area contributed by atoms with E-state index in [-0.39, 0.29) is 25.7 Å². The summed E-state index contributed by atoms with van der Waals surface area (Å²) in [6, 6.07) is 0. The lowest BCUT2D eigenvalue weighted by Gasteiger charge is -2.21. The molecule has 0 heterocycles. The van der Waals surface area contributed by atoms with Crippen LogP contribution < -0.4 is 0 Å². The van der Waals surface area contributed by atoms with Crippen molar-refractivity contribution in [3.05, 3.63) is 0 Å². The average Bonchev–Trinajstić information content (AvgIpc) is 3.49. The number of carbonyl (C=O) groups is 4. The molecule has 0 aliphatic rings. The first-order valence-electron chi connectivity index (χ1n) is 35.2. The molecule has 0 amide bonds. The van der Waals surface area contributed by atoms with E-state index in [1.165, 1.54) is 128 Å². The van der Waals surface area contributed by atoms with Crippen molar-refractivity contribution in [2.45, 2.75) is 350 Å². The first-order chi connectivity index (χ1) is 41.6. The molecule has 3 unspecified atom stereocenters. The molecule has 3 N–H and O–H groups in total. The second-order valence-electron chi connectivity index (χ2n) is 26.5. The van der Waals surface area contributed by atoms with Gasteiger partial charge < -0.3 is 33.8 Å². The average molecular weight is 1280 g/mol. The normalized spacial score (nSPS) is 14.3. The summed E-state index contributed by atoms with van der Waals surface area (Å²) in [5.74, 6) is 0.773. The number of hydrogen-bond donors (Lipinski definition) is 3. The fourth-order valence-electron chi connectivity index (χ4n) is 10.1. The fraction of sp³-hybridized carbons (Fsp3) is 0.941. The molecule has 0 bridgehead atoms. The molecule has 0 aliphatic carbocycles. The van der Waals surface area contributed by atoms with E-state index < -0.39 is 97.5 Å². The summed E-state index contributed by atoms with van der Waals surface area (Å²) in [6.45, 7) is 14.0. The highest BCUT2D eigenvalue weighted by Gasteiger charge is 2.30. The number of rotatable bonds is 65. The quantitative estimate of drug-likeness (QED) is 0.0222. The number of aliphatic hydroxyl groups is 1. The first kappa shape index (κ1) is 85.1. The lowest BCUT2D eigenvalue weighted by molar-refractivity contribution is -0.161. The van der Waals surface area contributed by atoms with Crippen LogP contribution in [0.3, 0.4) is 0 Å². The Morgan fingerprint density at radius 3 is 0.713 bits per heavy atom. The second-order valence-corrected chi connectivity index (χ2v) is 29.4. The Balaban J connectivity index is 5.22. The third-order valence-electron chi connectivity index (χ3n) is 15.6. The molecule has 0 aliphatic heterocycles. The van der Waals surface area contributed by atoms with Gasteiger partial charge in [-0.2, -0.15) is 0 Å². The summed E-state index contributed by atoms with van der Waals surface area (Å²) in [7, 11) is -9.90. The van der Waals surface area contributed by atoms with E-state index in [9.17, 15) is 43.2 Å². The molecular weight excluding hydrogens is 1150 g/mol. The summed E-state index contributed by atoms with van der Waals surface area (Å²) in [5, 5.41) is 10.6. The summed E-state index contributed by atoms with van der Waals surface area (Å²) >= 11 is 0. The second kappa shape index (κ2) is 57.9. The molecule has 0 aromatic heterocycles. The van der Waals surface area contributed by atoms with Crippen LogP contribution in [0.1, 0.15) is 331 Å². The molecule has 5 atom stereocenters. The number of hydrogen-bond acceptors (Lipinski definition) is 15. The number of carbonyl (C=O) groups excluding carboxylic acids is 4.